The molecule has 19 heavy (non-hydrogen) atoms. The first-order valence-electron chi connectivity index (χ1n) is 6.49. The maximum atomic E-state index is 4.39. The van der Waals surface area contributed by atoms with Crippen molar-refractivity contribution in [1.82, 2.24) is 25.1 Å². The third-order valence-corrected chi connectivity index (χ3v) is 3.45. The van der Waals surface area contributed by atoms with Crippen LogP contribution in [0.5, 0.6) is 0 Å². The molecule has 6 nitrogen and oxygen atoms in total. The first kappa shape index (κ1) is 12.1. The quantitative estimate of drug-likeness (QED) is 0.879. The summed E-state index contributed by atoms with van der Waals surface area (Å²) in [6.07, 6.45) is 3.76. The van der Waals surface area contributed by atoms with Gasteiger partial charge in [0.15, 0.2) is 5.82 Å². The summed E-state index contributed by atoms with van der Waals surface area (Å²) in [7, 11) is 1.95. The van der Waals surface area contributed by atoms with E-state index in [4.69, 9.17) is 0 Å². The van der Waals surface area contributed by atoms with Crippen molar-refractivity contribution in [2.24, 2.45) is 0 Å². The topological polar surface area (TPSA) is 58.9 Å². The summed E-state index contributed by atoms with van der Waals surface area (Å²) in [5, 5.41) is 11.3. The Hall–Kier alpha value is -1.95. The molecule has 1 N–H and O–H groups in total. The number of aromatic nitrogens is 4. The monoisotopic (exact) mass is 258 g/mol. The smallest absolute Gasteiger partial charge is 0.152 e. The lowest BCUT2D eigenvalue weighted by Gasteiger charge is -2.30. The van der Waals surface area contributed by atoms with Crippen LogP contribution >= 0.6 is 0 Å². The number of aryl methyl sites for hydroxylation is 1. The van der Waals surface area contributed by atoms with Crippen LogP contribution in [0.2, 0.25) is 0 Å². The Bertz CT molecular complexity index is 576. The number of nitrogens with one attached hydrogen (secondary N) is 1. The minimum absolute atomic E-state index is 0.806. The minimum atomic E-state index is 0.806. The van der Waals surface area contributed by atoms with Gasteiger partial charge in [0.05, 0.1) is 6.54 Å². The lowest BCUT2D eigenvalue weighted by atomic mass is 10.1. The second kappa shape index (κ2) is 4.97. The summed E-state index contributed by atoms with van der Waals surface area (Å²) in [5.41, 5.74) is 3.51. The van der Waals surface area contributed by atoms with Gasteiger partial charge in [-0.3, -0.25) is 4.98 Å². The molecule has 0 aliphatic carbocycles. The zero-order chi connectivity index (χ0) is 13.2. The van der Waals surface area contributed by atoms with Crippen LogP contribution in [-0.2, 0) is 19.6 Å². The van der Waals surface area contributed by atoms with Gasteiger partial charge in [0.1, 0.15) is 6.33 Å². The Morgan fingerprint density at radius 1 is 1.37 bits per heavy atom. The van der Waals surface area contributed by atoms with Crippen LogP contribution in [0, 0.1) is 6.92 Å². The number of fused-ring (bicyclic) bond motifs is 1. The van der Waals surface area contributed by atoms with Crippen LogP contribution in [0.3, 0.4) is 0 Å². The van der Waals surface area contributed by atoms with E-state index in [1.807, 2.05) is 20.2 Å². The predicted molar refractivity (Wildman–Crippen MR) is 72.8 cm³/mol. The Morgan fingerprint density at radius 2 is 2.26 bits per heavy atom. The van der Waals surface area contributed by atoms with Crippen molar-refractivity contribution in [1.29, 1.82) is 0 Å². The van der Waals surface area contributed by atoms with Crippen LogP contribution in [-0.4, -0.2) is 33.3 Å². The molecule has 100 valence electrons. The maximum Gasteiger partial charge on any atom is 0.152 e. The van der Waals surface area contributed by atoms with Gasteiger partial charge in [-0.25, -0.2) is 0 Å². The van der Waals surface area contributed by atoms with Gasteiger partial charge in [-0.2, -0.15) is 0 Å². The summed E-state index contributed by atoms with van der Waals surface area (Å²) in [6.45, 7) is 5.57. The molecule has 0 amide bonds. The summed E-state index contributed by atoms with van der Waals surface area (Å²) in [4.78, 5) is 6.74. The summed E-state index contributed by atoms with van der Waals surface area (Å²) < 4.78 is 2.11. The van der Waals surface area contributed by atoms with Crippen LogP contribution in [0.4, 0.5) is 5.69 Å². The molecular formula is C13H18N6. The molecule has 0 atom stereocenters. The number of rotatable bonds is 3. The highest BCUT2D eigenvalue weighted by atomic mass is 15.3. The van der Waals surface area contributed by atoms with E-state index in [0.717, 1.165) is 37.7 Å². The zero-order valence-corrected chi connectivity index (χ0v) is 11.3. The van der Waals surface area contributed by atoms with Gasteiger partial charge in [0, 0.05) is 42.8 Å². The third kappa shape index (κ3) is 2.31. The summed E-state index contributed by atoms with van der Waals surface area (Å²) in [6, 6.07) is 2.15. The fourth-order valence-corrected chi connectivity index (χ4v) is 2.47. The van der Waals surface area contributed by atoms with E-state index in [1.54, 1.807) is 6.33 Å². The highest BCUT2D eigenvalue weighted by Gasteiger charge is 2.19. The molecule has 6 heteroatoms. The van der Waals surface area contributed by atoms with Crippen LogP contribution in [0.15, 0.2) is 18.6 Å². The largest absolute Gasteiger partial charge is 0.362 e. The molecule has 0 spiro atoms. The summed E-state index contributed by atoms with van der Waals surface area (Å²) >= 11 is 0. The Balaban J connectivity index is 1.92. The van der Waals surface area contributed by atoms with Crippen molar-refractivity contribution in [3.05, 3.63) is 35.7 Å². The Morgan fingerprint density at radius 3 is 3.11 bits per heavy atom. The van der Waals surface area contributed by atoms with E-state index in [0.29, 0.717) is 0 Å². The highest BCUT2D eigenvalue weighted by molar-refractivity contribution is 5.54. The molecule has 1 aliphatic heterocycles. The number of hydrogen-bond donors (Lipinski definition) is 1. The average Bonchev–Trinajstić information content (AvgIpc) is 2.88. The van der Waals surface area contributed by atoms with E-state index in [-0.39, 0.29) is 0 Å². The van der Waals surface area contributed by atoms with Crippen LogP contribution in [0.25, 0.3) is 0 Å². The number of pyridine rings is 1. The first-order valence-corrected chi connectivity index (χ1v) is 6.49. The fourth-order valence-electron chi connectivity index (χ4n) is 2.47. The van der Waals surface area contributed by atoms with Gasteiger partial charge in [-0.15, -0.1) is 10.2 Å². The second-order valence-electron chi connectivity index (χ2n) is 4.85. The molecule has 0 fully saturated rings. The minimum Gasteiger partial charge on any atom is -0.362 e. The molecule has 3 heterocycles. The molecular weight excluding hydrogens is 240 g/mol. The van der Waals surface area contributed by atoms with Crippen molar-refractivity contribution >= 4 is 5.69 Å². The molecule has 0 saturated heterocycles. The molecule has 0 saturated carbocycles. The normalized spacial score (nSPS) is 14.5. The predicted octanol–water partition coefficient (Wildman–Crippen LogP) is 0.721. The van der Waals surface area contributed by atoms with E-state index < -0.39 is 0 Å². The first-order chi connectivity index (χ1) is 9.28. The van der Waals surface area contributed by atoms with Gasteiger partial charge in [0.25, 0.3) is 0 Å². The molecule has 0 radical (unpaired) electrons. The standard InChI is InChI=1S/C13H18N6/c1-10-5-12(11(6-14-2)7-15-10)18-3-4-19-9-16-17-13(19)8-18/h5,7,9,14H,3-4,6,8H2,1-2H3. The fraction of sp³-hybridized carbons (Fsp3) is 0.462. The van der Waals surface area contributed by atoms with Gasteiger partial charge >= 0.3 is 0 Å². The lowest BCUT2D eigenvalue weighted by Crippen LogP contribution is -2.34. The van der Waals surface area contributed by atoms with Crippen molar-refractivity contribution in [3.63, 3.8) is 0 Å². The average molecular weight is 258 g/mol. The van der Waals surface area contributed by atoms with E-state index in [9.17, 15) is 0 Å². The van der Waals surface area contributed by atoms with Crippen LogP contribution in [0.1, 0.15) is 17.1 Å². The molecule has 0 aromatic carbocycles. The molecule has 0 bridgehead atoms. The molecule has 2 aromatic heterocycles. The second-order valence-corrected chi connectivity index (χ2v) is 4.85. The highest BCUT2D eigenvalue weighted by Crippen LogP contribution is 2.24. The Kier molecular flexibility index (Phi) is 3.16. The maximum absolute atomic E-state index is 4.39. The Labute approximate surface area is 112 Å². The molecule has 2 aromatic rings. The van der Waals surface area contributed by atoms with Gasteiger partial charge in [-0.05, 0) is 20.0 Å². The molecule has 1 aliphatic rings. The number of hydrogen-bond acceptors (Lipinski definition) is 5. The van der Waals surface area contributed by atoms with Gasteiger partial charge < -0.3 is 14.8 Å². The SMILES string of the molecule is CNCc1cnc(C)cc1N1CCn2cnnc2C1. The van der Waals surface area contributed by atoms with E-state index in [2.05, 4.69) is 36.0 Å². The lowest BCUT2D eigenvalue weighted by molar-refractivity contribution is 0.557. The van der Waals surface area contributed by atoms with Crippen molar-refractivity contribution in [2.45, 2.75) is 26.6 Å². The number of anilines is 1. The van der Waals surface area contributed by atoms with Gasteiger partial charge in [-0.1, -0.05) is 0 Å². The van der Waals surface area contributed by atoms with Crippen LogP contribution < -0.4 is 10.2 Å². The van der Waals surface area contributed by atoms with E-state index in [1.165, 1.54) is 11.3 Å². The molecule has 0 unspecified atom stereocenters. The number of nitrogens with zero attached hydrogens (tertiary/aromatic N) is 5. The molecule has 3 rings (SSSR count). The van der Waals surface area contributed by atoms with Crippen molar-refractivity contribution < 1.29 is 0 Å². The zero-order valence-electron chi connectivity index (χ0n) is 11.3. The van der Waals surface area contributed by atoms with Crippen molar-refractivity contribution in [2.75, 3.05) is 18.5 Å². The van der Waals surface area contributed by atoms with Crippen molar-refractivity contribution in [3.8, 4) is 0 Å². The van der Waals surface area contributed by atoms with Gasteiger partial charge in [0.2, 0.25) is 0 Å². The van der Waals surface area contributed by atoms with E-state index >= 15 is 0 Å². The summed E-state index contributed by atoms with van der Waals surface area (Å²) in [5.74, 6) is 1.02. The third-order valence-electron chi connectivity index (χ3n) is 3.45.